The Morgan fingerprint density at radius 2 is 1.86 bits per heavy atom. The SMILES string of the molecule is CC(=O)c1nn(C)cc1-c1cc(C(F)(F)F)ccc1C(=O)O. The van der Waals surface area contributed by atoms with E-state index < -0.39 is 23.5 Å². The number of carboxylic acids is 1. The Bertz CT molecular complexity index is 763. The highest BCUT2D eigenvalue weighted by Crippen LogP contribution is 2.35. The second kappa shape index (κ2) is 5.28. The van der Waals surface area contributed by atoms with Crippen molar-refractivity contribution in [2.75, 3.05) is 0 Å². The van der Waals surface area contributed by atoms with Gasteiger partial charge in [-0.3, -0.25) is 9.48 Å². The molecule has 0 fully saturated rings. The van der Waals surface area contributed by atoms with E-state index in [1.54, 1.807) is 0 Å². The van der Waals surface area contributed by atoms with Gasteiger partial charge in [-0.1, -0.05) is 0 Å². The summed E-state index contributed by atoms with van der Waals surface area (Å²) in [6, 6.07) is 2.28. The van der Waals surface area contributed by atoms with Crippen molar-refractivity contribution >= 4 is 11.8 Å². The van der Waals surface area contributed by atoms with Crippen LogP contribution in [0, 0.1) is 0 Å². The van der Waals surface area contributed by atoms with Crippen LogP contribution in [0.1, 0.15) is 33.3 Å². The van der Waals surface area contributed by atoms with Crippen LogP contribution in [-0.2, 0) is 13.2 Å². The third-order valence-electron chi connectivity index (χ3n) is 3.03. The fraction of sp³-hybridized carbons (Fsp3) is 0.214. The maximum absolute atomic E-state index is 12.8. The zero-order valence-corrected chi connectivity index (χ0v) is 11.6. The molecule has 1 aromatic carbocycles. The smallest absolute Gasteiger partial charge is 0.416 e. The second-order valence-electron chi connectivity index (χ2n) is 4.68. The first-order chi connectivity index (χ1) is 10.1. The van der Waals surface area contributed by atoms with Gasteiger partial charge in [-0.25, -0.2) is 4.79 Å². The summed E-state index contributed by atoms with van der Waals surface area (Å²) in [5, 5.41) is 13.0. The fourth-order valence-electron chi connectivity index (χ4n) is 2.08. The number of carbonyl (C=O) groups excluding carboxylic acids is 1. The maximum Gasteiger partial charge on any atom is 0.416 e. The summed E-state index contributed by atoms with van der Waals surface area (Å²) in [5.74, 6) is -1.86. The zero-order valence-electron chi connectivity index (χ0n) is 11.6. The number of alkyl halides is 3. The largest absolute Gasteiger partial charge is 0.478 e. The molecular formula is C14H11F3N2O3. The summed E-state index contributed by atoms with van der Waals surface area (Å²) in [7, 11) is 1.49. The summed E-state index contributed by atoms with van der Waals surface area (Å²) in [5.41, 5.74) is -1.54. The van der Waals surface area contributed by atoms with E-state index >= 15 is 0 Å². The van der Waals surface area contributed by atoms with Gasteiger partial charge in [0.1, 0.15) is 5.69 Å². The van der Waals surface area contributed by atoms with Gasteiger partial charge in [0, 0.05) is 31.3 Å². The Kier molecular flexibility index (Phi) is 3.78. The summed E-state index contributed by atoms with van der Waals surface area (Å²) in [6.07, 6.45) is -3.30. The first-order valence-electron chi connectivity index (χ1n) is 6.10. The predicted molar refractivity (Wildman–Crippen MR) is 70.6 cm³/mol. The Labute approximate surface area is 123 Å². The number of hydrogen-bond acceptors (Lipinski definition) is 3. The van der Waals surface area contributed by atoms with Gasteiger partial charge in [0.15, 0.2) is 5.78 Å². The first kappa shape index (κ1) is 15.7. The fourth-order valence-corrected chi connectivity index (χ4v) is 2.08. The monoisotopic (exact) mass is 312 g/mol. The number of carbonyl (C=O) groups is 2. The van der Waals surface area contributed by atoms with Crippen LogP contribution in [0.3, 0.4) is 0 Å². The summed E-state index contributed by atoms with van der Waals surface area (Å²) in [4.78, 5) is 22.8. The zero-order chi connectivity index (χ0) is 16.7. The number of hydrogen-bond donors (Lipinski definition) is 1. The lowest BCUT2D eigenvalue weighted by Crippen LogP contribution is -2.08. The number of halogens is 3. The van der Waals surface area contributed by atoms with Gasteiger partial charge in [0.2, 0.25) is 0 Å². The van der Waals surface area contributed by atoms with Gasteiger partial charge in [0.25, 0.3) is 0 Å². The van der Waals surface area contributed by atoms with Crippen molar-refractivity contribution in [2.24, 2.45) is 7.05 Å². The molecule has 0 saturated carbocycles. The van der Waals surface area contributed by atoms with E-state index in [2.05, 4.69) is 5.10 Å². The normalized spacial score (nSPS) is 11.5. The number of benzene rings is 1. The van der Waals surface area contributed by atoms with Crippen LogP contribution < -0.4 is 0 Å². The molecule has 5 nitrogen and oxygen atoms in total. The molecule has 0 amide bonds. The van der Waals surface area contributed by atoms with Crippen LogP contribution in [0.2, 0.25) is 0 Å². The van der Waals surface area contributed by atoms with Crippen molar-refractivity contribution in [3.05, 3.63) is 41.2 Å². The lowest BCUT2D eigenvalue weighted by molar-refractivity contribution is -0.137. The van der Waals surface area contributed by atoms with Crippen LogP contribution in [0.4, 0.5) is 13.2 Å². The van der Waals surface area contributed by atoms with Crippen LogP contribution in [0.5, 0.6) is 0 Å². The molecule has 0 spiro atoms. The van der Waals surface area contributed by atoms with Crippen LogP contribution in [0.25, 0.3) is 11.1 Å². The number of rotatable bonds is 3. The molecule has 22 heavy (non-hydrogen) atoms. The minimum absolute atomic E-state index is 0.0542. The van der Waals surface area contributed by atoms with E-state index in [1.807, 2.05) is 0 Å². The van der Waals surface area contributed by atoms with Crippen LogP contribution >= 0.6 is 0 Å². The van der Waals surface area contributed by atoms with Gasteiger partial charge < -0.3 is 5.11 Å². The van der Waals surface area contributed by atoms with Crippen molar-refractivity contribution < 1.29 is 27.9 Å². The molecule has 0 bridgehead atoms. The number of ketones is 1. The predicted octanol–water partition coefficient (Wildman–Crippen LogP) is 3.01. The minimum Gasteiger partial charge on any atom is -0.478 e. The molecule has 2 rings (SSSR count). The Balaban J connectivity index is 2.77. The average Bonchev–Trinajstić information content (AvgIpc) is 2.79. The van der Waals surface area contributed by atoms with E-state index in [-0.39, 0.29) is 22.4 Å². The van der Waals surface area contributed by atoms with Crippen molar-refractivity contribution in [3.8, 4) is 11.1 Å². The standard InChI is InChI=1S/C14H11F3N2O3/c1-7(20)12-11(6-19(2)18-12)10-5-8(14(15,16)17)3-4-9(10)13(21)22/h3-6H,1-2H3,(H,21,22). The topological polar surface area (TPSA) is 72.2 Å². The quantitative estimate of drug-likeness (QED) is 0.884. The van der Waals surface area contributed by atoms with E-state index in [4.69, 9.17) is 5.11 Å². The number of Topliss-reactive ketones (excluding diaryl/α,β-unsaturated/α-hetero) is 1. The van der Waals surface area contributed by atoms with Gasteiger partial charge in [0.05, 0.1) is 11.1 Å². The molecule has 0 saturated heterocycles. The molecule has 0 aliphatic rings. The van der Waals surface area contributed by atoms with Gasteiger partial charge in [-0.05, 0) is 18.2 Å². The number of aromatic carboxylic acids is 1. The van der Waals surface area contributed by atoms with E-state index in [9.17, 15) is 22.8 Å². The molecule has 1 aromatic heterocycles. The number of carboxylic acid groups (broad SMARTS) is 1. The van der Waals surface area contributed by atoms with Gasteiger partial charge >= 0.3 is 12.1 Å². The molecule has 0 atom stereocenters. The van der Waals surface area contributed by atoms with Crippen LogP contribution in [0.15, 0.2) is 24.4 Å². The molecule has 2 aromatic rings. The first-order valence-corrected chi connectivity index (χ1v) is 6.10. The Hall–Kier alpha value is -2.64. The number of aryl methyl sites for hydroxylation is 1. The molecule has 0 radical (unpaired) electrons. The van der Waals surface area contributed by atoms with Crippen LogP contribution in [-0.4, -0.2) is 26.6 Å². The van der Waals surface area contributed by atoms with Crippen molar-refractivity contribution in [3.63, 3.8) is 0 Å². The lowest BCUT2D eigenvalue weighted by atomic mass is 9.96. The molecule has 0 aliphatic heterocycles. The van der Waals surface area contributed by atoms with Crippen molar-refractivity contribution in [2.45, 2.75) is 13.1 Å². The second-order valence-corrected chi connectivity index (χ2v) is 4.68. The van der Waals surface area contributed by atoms with Gasteiger partial charge in [-0.2, -0.15) is 18.3 Å². The summed E-state index contributed by atoms with van der Waals surface area (Å²) >= 11 is 0. The third kappa shape index (κ3) is 2.85. The highest BCUT2D eigenvalue weighted by molar-refractivity contribution is 6.03. The van der Waals surface area contributed by atoms with E-state index in [0.29, 0.717) is 12.1 Å². The highest BCUT2D eigenvalue weighted by atomic mass is 19.4. The lowest BCUT2D eigenvalue weighted by Gasteiger charge is -2.11. The highest BCUT2D eigenvalue weighted by Gasteiger charge is 2.32. The molecule has 0 unspecified atom stereocenters. The molecule has 116 valence electrons. The third-order valence-corrected chi connectivity index (χ3v) is 3.03. The van der Waals surface area contributed by atoms with Gasteiger partial charge in [-0.15, -0.1) is 0 Å². The maximum atomic E-state index is 12.8. The summed E-state index contributed by atoms with van der Waals surface area (Å²) < 4.78 is 39.8. The molecular weight excluding hydrogens is 301 g/mol. The average molecular weight is 312 g/mol. The molecule has 8 heteroatoms. The number of aromatic nitrogens is 2. The van der Waals surface area contributed by atoms with Crippen molar-refractivity contribution in [1.82, 2.24) is 9.78 Å². The van der Waals surface area contributed by atoms with Crippen molar-refractivity contribution in [1.29, 1.82) is 0 Å². The Morgan fingerprint density at radius 1 is 1.23 bits per heavy atom. The Morgan fingerprint density at radius 3 is 2.36 bits per heavy atom. The van der Waals surface area contributed by atoms with E-state index in [1.165, 1.54) is 24.9 Å². The molecule has 1 N–H and O–H groups in total. The number of nitrogens with zero attached hydrogens (tertiary/aromatic N) is 2. The molecule has 0 aliphatic carbocycles. The summed E-state index contributed by atoms with van der Waals surface area (Å²) in [6.45, 7) is 1.21. The minimum atomic E-state index is -4.62. The van der Waals surface area contributed by atoms with E-state index in [0.717, 1.165) is 6.07 Å². The molecule has 1 heterocycles.